The number of hydrogen-bond donors (Lipinski definition) is 1. The number of rotatable bonds is 8. The number of nitrogens with zero attached hydrogens (tertiary/aromatic N) is 3. The maximum atomic E-state index is 13.0. The maximum Gasteiger partial charge on any atom is 0.243 e. The van der Waals surface area contributed by atoms with Gasteiger partial charge in [-0.25, -0.2) is 8.42 Å². The van der Waals surface area contributed by atoms with Gasteiger partial charge in [0, 0.05) is 37.9 Å². The summed E-state index contributed by atoms with van der Waals surface area (Å²) in [6.07, 6.45) is 4.70. The van der Waals surface area contributed by atoms with E-state index in [0.717, 1.165) is 16.7 Å². The lowest BCUT2D eigenvalue weighted by Crippen LogP contribution is -2.42. The molecular weight excluding hydrogens is 448 g/mol. The highest BCUT2D eigenvalue weighted by molar-refractivity contribution is 7.89. The van der Waals surface area contributed by atoms with Crippen molar-refractivity contribution < 1.29 is 13.2 Å². The molecule has 1 saturated heterocycles. The van der Waals surface area contributed by atoms with Crippen molar-refractivity contribution >= 4 is 15.9 Å². The second kappa shape index (κ2) is 10.5. The van der Waals surface area contributed by atoms with Crippen molar-refractivity contribution in [3.05, 3.63) is 83.7 Å². The lowest BCUT2D eigenvalue weighted by Gasteiger charge is -2.30. The zero-order chi connectivity index (χ0) is 24.1. The highest BCUT2D eigenvalue weighted by atomic mass is 32.2. The second-order valence-corrected chi connectivity index (χ2v) is 11.0. The first-order valence-electron chi connectivity index (χ1n) is 11.8. The van der Waals surface area contributed by atoms with Gasteiger partial charge in [-0.3, -0.25) is 9.48 Å². The Morgan fingerprint density at radius 3 is 2.32 bits per heavy atom. The molecule has 1 aliphatic rings. The van der Waals surface area contributed by atoms with E-state index in [1.165, 1.54) is 4.31 Å². The molecule has 0 unspecified atom stereocenters. The SMILES string of the molecule is CC(C)c1ccc(S(=O)(=O)N2CCC(C(=O)NCc3ccccc3Cn3cccn3)CC2)cc1. The van der Waals surface area contributed by atoms with E-state index < -0.39 is 10.0 Å². The minimum absolute atomic E-state index is 0.0211. The van der Waals surface area contributed by atoms with Crippen LogP contribution in [0.25, 0.3) is 0 Å². The molecule has 3 aromatic rings. The molecule has 1 amide bonds. The van der Waals surface area contributed by atoms with E-state index in [9.17, 15) is 13.2 Å². The predicted molar refractivity (Wildman–Crippen MR) is 132 cm³/mol. The van der Waals surface area contributed by atoms with E-state index in [2.05, 4.69) is 24.3 Å². The molecule has 1 N–H and O–H groups in total. The van der Waals surface area contributed by atoms with Gasteiger partial charge in [0.1, 0.15) is 0 Å². The van der Waals surface area contributed by atoms with Gasteiger partial charge >= 0.3 is 0 Å². The van der Waals surface area contributed by atoms with Gasteiger partial charge in [-0.15, -0.1) is 0 Å². The van der Waals surface area contributed by atoms with Gasteiger partial charge < -0.3 is 5.32 Å². The average Bonchev–Trinajstić information content (AvgIpc) is 3.36. The van der Waals surface area contributed by atoms with Crippen molar-refractivity contribution in [1.82, 2.24) is 19.4 Å². The van der Waals surface area contributed by atoms with E-state index in [1.807, 2.05) is 53.3 Å². The fraction of sp³-hybridized carbons (Fsp3) is 0.385. The fourth-order valence-corrected chi connectivity index (χ4v) is 5.78. The van der Waals surface area contributed by atoms with Crippen molar-refractivity contribution in [3.63, 3.8) is 0 Å². The molecule has 0 bridgehead atoms. The Kier molecular flexibility index (Phi) is 7.48. The second-order valence-electron chi connectivity index (χ2n) is 9.09. The minimum Gasteiger partial charge on any atom is -0.352 e. The Hall–Kier alpha value is -2.97. The molecule has 7 nitrogen and oxygen atoms in total. The summed E-state index contributed by atoms with van der Waals surface area (Å²) in [6.45, 7) is 5.95. The van der Waals surface area contributed by atoms with Crippen molar-refractivity contribution in [2.75, 3.05) is 13.1 Å². The first-order chi connectivity index (χ1) is 16.3. The summed E-state index contributed by atoms with van der Waals surface area (Å²) in [7, 11) is -3.55. The third-order valence-electron chi connectivity index (χ3n) is 6.47. The molecule has 0 spiro atoms. The van der Waals surface area contributed by atoms with Crippen LogP contribution in [0.3, 0.4) is 0 Å². The zero-order valence-electron chi connectivity index (χ0n) is 19.7. The largest absolute Gasteiger partial charge is 0.352 e. The fourth-order valence-electron chi connectivity index (χ4n) is 4.31. The molecule has 4 rings (SSSR count). The number of nitrogens with one attached hydrogen (secondary N) is 1. The molecule has 1 fully saturated rings. The number of carbonyl (C=O) groups is 1. The summed E-state index contributed by atoms with van der Waals surface area (Å²) in [5.41, 5.74) is 3.27. The van der Waals surface area contributed by atoms with Gasteiger partial charge in [-0.05, 0) is 53.6 Å². The van der Waals surface area contributed by atoms with Crippen molar-refractivity contribution in [1.29, 1.82) is 0 Å². The summed E-state index contributed by atoms with van der Waals surface area (Å²) in [4.78, 5) is 13.1. The molecule has 8 heteroatoms. The van der Waals surface area contributed by atoms with Gasteiger partial charge in [0.25, 0.3) is 0 Å². The van der Waals surface area contributed by atoms with Gasteiger partial charge in [0.2, 0.25) is 15.9 Å². The summed E-state index contributed by atoms with van der Waals surface area (Å²) in [5, 5.41) is 7.31. The lowest BCUT2D eigenvalue weighted by atomic mass is 9.97. The lowest BCUT2D eigenvalue weighted by molar-refractivity contribution is -0.126. The normalized spacial score (nSPS) is 15.5. The van der Waals surface area contributed by atoms with Crippen LogP contribution in [0.5, 0.6) is 0 Å². The number of sulfonamides is 1. The molecule has 1 aliphatic heterocycles. The van der Waals surface area contributed by atoms with Crippen LogP contribution >= 0.6 is 0 Å². The van der Waals surface area contributed by atoms with Crippen LogP contribution in [0.1, 0.15) is 49.3 Å². The molecule has 0 saturated carbocycles. The molecule has 0 atom stereocenters. The number of hydrogen-bond acceptors (Lipinski definition) is 4. The third-order valence-corrected chi connectivity index (χ3v) is 8.39. The smallest absolute Gasteiger partial charge is 0.243 e. The Morgan fingerprint density at radius 2 is 1.71 bits per heavy atom. The van der Waals surface area contributed by atoms with Crippen molar-refractivity contribution in [2.24, 2.45) is 5.92 Å². The number of aromatic nitrogens is 2. The number of amides is 1. The van der Waals surface area contributed by atoms with Gasteiger partial charge in [0.05, 0.1) is 11.4 Å². The van der Waals surface area contributed by atoms with E-state index in [-0.39, 0.29) is 11.8 Å². The van der Waals surface area contributed by atoms with E-state index >= 15 is 0 Å². The van der Waals surface area contributed by atoms with E-state index in [4.69, 9.17) is 0 Å². The molecule has 1 aromatic heterocycles. The van der Waals surface area contributed by atoms with E-state index in [1.54, 1.807) is 18.3 Å². The Morgan fingerprint density at radius 1 is 1.03 bits per heavy atom. The maximum absolute atomic E-state index is 13.0. The first-order valence-corrected chi connectivity index (χ1v) is 13.2. The van der Waals surface area contributed by atoms with Crippen LogP contribution in [-0.4, -0.2) is 41.5 Å². The van der Waals surface area contributed by atoms with Gasteiger partial charge in [0.15, 0.2) is 0 Å². The monoisotopic (exact) mass is 480 g/mol. The van der Waals surface area contributed by atoms with Crippen LogP contribution in [0.15, 0.2) is 71.9 Å². The van der Waals surface area contributed by atoms with E-state index in [0.29, 0.717) is 49.8 Å². The Balaban J connectivity index is 1.32. The molecular formula is C26H32N4O3S. The quantitative estimate of drug-likeness (QED) is 0.532. The highest BCUT2D eigenvalue weighted by Gasteiger charge is 2.32. The number of carbonyl (C=O) groups excluding carboxylic acids is 1. The molecule has 0 aliphatic carbocycles. The summed E-state index contributed by atoms with van der Waals surface area (Å²) in [6, 6.07) is 17.0. The number of benzene rings is 2. The Labute approximate surface area is 201 Å². The van der Waals surface area contributed by atoms with Crippen LogP contribution < -0.4 is 5.32 Å². The van der Waals surface area contributed by atoms with Gasteiger partial charge in [-0.2, -0.15) is 9.40 Å². The zero-order valence-corrected chi connectivity index (χ0v) is 20.5. The van der Waals surface area contributed by atoms with Crippen LogP contribution in [0, 0.1) is 5.92 Å². The highest BCUT2D eigenvalue weighted by Crippen LogP contribution is 2.25. The van der Waals surface area contributed by atoms with Gasteiger partial charge in [-0.1, -0.05) is 50.2 Å². The summed E-state index contributed by atoms with van der Waals surface area (Å²) < 4.78 is 29.4. The topological polar surface area (TPSA) is 84.3 Å². The van der Waals surface area contributed by atoms with Crippen LogP contribution in [-0.2, 0) is 27.9 Å². The first kappa shape index (κ1) is 24.2. The minimum atomic E-state index is -3.55. The van der Waals surface area contributed by atoms with Crippen molar-refractivity contribution in [3.8, 4) is 0 Å². The summed E-state index contributed by atoms with van der Waals surface area (Å²) in [5.74, 6) is 0.142. The average molecular weight is 481 g/mol. The summed E-state index contributed by atoms with van der Waals surface area (Å²) >= 11 is 0. The third kappa shape index (κ3) is 5.56. The molecule has 0 radical (unpaired) electrons. The van der Waals surface area contributed by atoms with Crippen LogP contribution in [0.4, 0.5) is 0 Å². The predicted octanol–water partition coefficient (Wildman–Crippen LogP) is 3.77. The number of piperidine rings is 1. The standard InChI is InChI=1S/C26H32N4O3S/c1-20(2)21-8-10-25(11-9-21)34(32,33)30-16-12-22(13-17-30)26(31)27-18-23-6-3-4-7-24(23)19-29-15-5-14-28-29/h3-11,14-15,20,22H,12-13,16-19H2,1-2H3,(H,27,31). The molecule has 2 aromatic carbocycles. The van der Waals surface area contributed by atoms with Crippen LogP contribution in [0.2, 0.25) is 0 Å². The molecule has 34 heavy (non-hydrogen) atoms. The molecule has 180 valence electrons. The Bertz CT molecular complexity index is 1200. The molecule has 2 heterocycles. The van der Waals surface area contributed by atoms with Crippen molar-refractivity contribution in [2.45, 2.75) is 50.6 Å².